The molecule has 6 N–H and O–H groups in total. The Bertz CT molecular complexity index is 1020. The van der Waals surface area contributed by atoms with Crippen molar-refractivity contribution in [2.24, 2.45) is 5.10 Å². The van der Waals surface area contributed by atoms with Crippen LogP contribution < -0.4 is 10.3 Å². The predicted octanol–water partition coefficient (Wildman–Crippen LogP) is 1.69. The third kappa shape index (κ3) is 5.78. The molecule has 0 atom stereocenters. The second-order valence-corrected chi connectivity index (χ2v) is 7.06. The van der Waals surface area contributed by atoms with E-state index in [0.29, 0.717) is 11.3 Å². The topological polar surface area (TPSA) is 145 Å². The minimum Gasteiger partial charge on any atom is -0.507 e. The maximum atomic E-state index is 12.1. The first-order chi connectivity index (χ1) is 13.5. The zero-order valence-corrected chi connectivity index (χ0v) is 18.3. The summed E-state index contributed by atoms with van der Waals surface area (Å²) in [5.74, 6) is -0.164. The van der Waals surface area contributed by atoms with Gasteiger partial charge in [-0.1, -0.05) is 0 Å². The highest BCUT2D eigenvalue weighted by Crippen LogP contribution is 2.23. The van der Waals surface area contributed by atoms with E-state index in [-0.39, 0.29) is 29.0 Å². The summed E-state index contributed by atoms with van der Waals surface area (Å²) in [4.78, 5) is 18.7. The number of benzene rings is 1. The van der Waals surface area contributed by atoms with Gasteiger partial charge in [-0.2, -0.15) is 5.10 Å². The van der Waals surface area contributed by atoms with Gasteiger partial charge in [-0.3, -0.25) is 4.79 Å². The van der Waals surface area contributed by atoms with E-state index in [1.54, 1.807) is 18.3 Å². The van der Waals surface area contributed by atoms with E-state index in [1.807, 2.05) is 28.8 Å². The third-order valence-electron chi connectivity index (χ3n) is 4.36. The van der Waals surface area contributed by atoms with Gasteiger partial charge in [0.1, 0.15) is 5.75 Å². The molecule has 162 valence electrons. The Kier molecular flexibility index (Phi) is 9.44. The Morgan fingerprint density at radius 3 is 2.67 bits per heavy atom. The number of amides is 1. The van der Waals surface area contributed by atoms with E-state index in [4.69, 9.17) is 0 Å². The molecule has 0 bridgehead atoms. The highest BCUT2D eigenvalue weighted by Gasteiger charge is 2.09. The van der Waals surface area contributed by atoms with Crippen LogP contribution in [0, 0.1) is 0 Å². The smallest absolute Gasteiger partial charge is 0.246 e. The van der Waals surface area contributed by atoms with Crippen molar-refractivity contribution in [2.45, 2.75) is 20.3 Å². The van der Waals surface area contributed by atoms with Crippen LogP contribution in [0.3, 0.4) is 0 Å². The van der Waals surface area contributed by atoms with Crippen LogP contribution in [0.2, 0.25) is 0 Å². The molecule has 3 aromatic rings. The first-order valence-electron chi connectivity index (χ1n) is 9.03. The largest absolute Gasteiger partial charge is 0.507 e. The van der Waals surface area contributed by atoms with Crippen LogP contribution in [0.5, 0.6) is 5.75 Å². The number of fused-ring (bicyclic) bond motifs is 1. The summed E-state index contributed by atoms with van der Waals surface area (Å²) >= 11 is 3.44. The number of phenolic OH excluding ortho intramolecular Hbond substituents is 1. The first kappa shape index (κ1) is 25.1. The number of anilines is 1. The van der Waals surface area contributed by atoms with Crippen LogP contribution in [-0.4, -0.2) is 50.7 Å². The normalized spacial score (nSPS) is 10.5. The maximum absolute atomic E-state index is 12.1. The molecular formula is C20H26BrN5O4. The number of nitrogens with one attached hydrogen (secondary N) is 1. The maximum Gasteiger partial charge on any atom is 0.246 e. The van der Waals surface area contributed by atoms with Crippen molar-refractivity contribution in [3.05, 3.63) is 58.5 Å². The number of nitrogens with zero attached hydrogens (tertiary/aromatic N) is 4. The standard InChI is InChI=1S/C20H22BrN5O2.2H2O/c1-3-25(4-2)16-8-7-14(18(27)11-16)12-22-24-19(28)10-15-13-26-9-5-6-17(21)20(26)23-15;;/h5-9,11-13,27H,3-4,10H2,1-2H3,(H,24,28);2*1H2/b22-12+;;. The van der Waals surface area contributed by atoms with Gasteiger partial charge in [-0.05, 0) is 54.0 Å². The van der Waals surface area contributed by atoms with Crippen molar-refractivity contribution in [2.75, 3.05) is 18.0 Å². The molecule has 0 aliphatic rings. The van der Waals surface area contributed by atoms with Gasteiger partial charge in [0.15, 0.2) is 5.65 Å². The molecule has 2 heterocycles. The first-order valence-corrected chi connectivity index (χ1v) is 9.83. The Labute approximate surface area is 182 Å². The number of halogens is 1. The Balaban J connectivity index is 0.00000225. The lowest BCUT2D eigenvalue weighted by Gasteiger charge is -2.21. The van der Waals surface area contributed by atoms with Crippen LogP contribution in [-0.2, 0) is 11.2 Å². The van der Waals surface area contributed by atoms with Crippen LogP contribution in [0.1, 0.15) is 25.1 Å². The second-order valence-electron chi connectivity index (χ2n) is 6.20. The molecule has 2 aromatic heterocycles. The summed E-state index contributed by atoms with van der Waals surface area (Å²) in [5.41, 5.74) is 5.36. The van der Waals surface area contributed by atoms with Gasteiger partial charge in [0.25, 0.3) is 0 Å². The Morgan fingerprint density at radius 1 is 1.30 bits per heavy atom. The number of rotatable bonds is 7. The van der Waals surface area contributed by atoms with Gasteiger partial charge < -0.3 is 25.4 Å². The van der Waals surface area contributed by atoms with Gasteiger partial charge in [-0.15, -0.1) is 0 Å². The number of carbonyl (C=O) groups is 1. The highest BCUT2D eigenvalue weighted by atomic mass is 79.9. The number of hydrogen-bond acceptors (Lipinski definition) is 5. The van der Waals surface area contributed by atoms with Crippen molar-refractivity contribution >= 4 is 39.4 Å². The molecule has 9 nitrogen and oxygen atoms in total. The molecule has 0 saturated carbocycles. The summed E-state index contributed by atoms with van der Waals surface area (Å²) < 4.78 is 2.72. The molecule has 0 fully saturated rings. The monoisotopic (exact) mass is 479 g/mol. The number of hydrazone groups is 1. The summed E-state index contributed by atoms with van der Waals surface area (Å²) in [6.45, 7) is 5.85. The van der Waals surface area contributed by atoms with E-state index in [0.717, 1.165) is 28.9 Å². The highest BCUT2D eigenvalue weighted by molar-refractivity contribution is 9.10. The number of hydrogen-bond donors (Lipinski definition) is 2. The van der Waals surface area contributed by atoms with Gasteiger partial charge in [0.2, 0.25) is 5.91 Å². The van der Waals surface area contributed by atoms with Crippen molar-refractivity contribution in [3.63, 3.8) is 0 Å². The van der Waals surface area contributed by atoms with Crippen molar-refractivity contribution < 1.29 is 20.9 Å². The van der Waals surface area contributed by atoms with E-state index in [9.17, 15) is 9.90 Å². The van der Waals surface area contributed by atoms with Crippen molar-refractivity contribution in [1.82, 2.24) is 14.8 Å². The molecular weight excluding hydrogens is 454 g/mol. The van der Waals surface area contributed by atoms with Gasteiger partial charge >= 0.3 is 0 Å². The SMILES string of the molecule is CCN(CC)c1ccc(/C=N/NC(=O)Cc2cn3cccc(Br)c3n2)c(O)c1.O.O. The molecule has 0 spiro atoms. The molecule has 1 aromatic carbocycles. The van der Waals surface area contributed by atoms with E-state index < -0.39 is 0 Å². The Hall–Kier alpha value is -2.95. The molecule has 0 saturated heterocycles. The minimum atomic E-state index is -0.282. The molecule has 10 heteroatoms. The fourth-order valence-corrected chi connectivity index (χ4v) is 3.37. The Morgan fingerprint density at radius 2 is 2.03 bits per heavy atom. The number of carbonyl (C=O) groups excluding carboxylic acids is 1. The van der Waals surface area contributed by atoms with Crippen LogP contribution in [0.4, 0.5) is 5.69 Å². The number of imidazole rings is 1. The van der Waals surface area contributed by atoms with Gasteiger partial charge in [0, 0.05) is 42.8 Å². The fourth-order valence-electron chi connectivity index (χ4n) is 2.92. The van der Waals surface area contributed by atoms with Crippen LogP contribution >= 0.6 is 15.9 Å². The van der Waals surface area contributed by atoms with Crippen LogP contribution in [0.15, 0.2) is 52.3 Å². The van der Waals surface area contributed by atoms with Crippen LogP contribution in [0.25, 0.3) is 5.65 Å². The van der Waals surface area contributed by atoms with Gasteiger partial charge in [0.05, 0.1) is 22.8 Å². The van der Waals surface area contributed by atoms with Gasteiger partial charge in [-0.25, -0.2) is 10.4 Å². The summed E-state index contributed by atoms with van der Waals surface area (Å²) in [7, 11) is 0. The molecule has 0 unspecified atom stereocenters. The average Bonchev–Trinajstić information content (AvgIpc) is 3.08. The summed E-state index contributed by atoms with van der Waals surface area (Å²) in [6.07, 6.45) is 5.22. The average molecular weight is 480 g/mol. The van der Waals surface area contributed by atoms with Crippen molar-refractivity contribution in [3.8, 4) is 5.75 Å². The number of phenols is 1. The summed E-state index contributed by atoms with van der Waals surface area (Å²) in [6, 6.07) is 9.19. The van der Waals surface area contributed by atoms with E-state index in [1.165, 1.54) is 6.21 Å². The lowest BCUT2D eigenvalue weighted by Crippen LogP contribution is -2.21. The number of aromatic nitrogens is 2. The van der Waals surface area contributed by atoms with Crippen molar-refractivity contribution in [1.29, 1.82) is 0 Å². The number of aromatic hydroxyl groups is 1. The second kappa shape index (κ2) is 11.3. The molecule has 0 aliphatic heterocycles. The molecule has 0 radical (unpaired) electrons. The molecule has 1 amide bonds. The summed E-state index contributed by atoms with van der Waals surface area (Å²) in [5, 5.41) is 14.1. The predicted molar refractivity (Wildman–Crippen MR) is 121 cm³/mol. The lowest BCUT2D eigenvalue weighted by molar-refractivity contribution is -0.120. The van der Waals surface area contributed by atoms with E-state index >= 15 is 0 Å². The molecule has 3 rings (SSSR count). The lowest BCUT2D eigenvalue weighted by atomic mass is 10.2. The fraction of sp³-hybridized carbons (Fsp3) is 0.250. The third-order valence-corrected chi connectivity index (χ3v) is 4.98. The molecule has 30 heavy (non-hydrogen) atoms. The zero-order valence-electron chi connectivity index (χ0n) is 16.8. The quantitative estimate of drug-likeness (QED) is 0.392. The minimum absolute atomic E-state index is 0. The zero-order chi connectivity index (χ0) is 20.1. The van der Waals surface area contributed by atoms with E-state index in [2.05, 4.69) is 50.2 Å². The number of pyridine rings is 1. The molecule has 0 aliphatic carbocycles.